The van der Waals surface area contributed by atoms with Gasteiger partial charge in [0.1, 0.15) is 6.61 Å². The maximum absolute atomic E-state index is 13.4. The van der Waals surface area contributed by atoms with Crippen molar-refractivity contribution in [3.8, 4) is 5.75 Å². The minimum absolute atomic E-state index is 0.0778. The summed E-state index contributed by atoms with van der Waals surface area (Å²) in [5, 5.41) is 8.98. The number of nitrogens with two attached hydrogens (primary N) is 1. The van der Waals surface area contributed by atoms with Crippen LogP contribution in [0.5, 0.6) is 5.75 Å². The lowest BCUT2D eigenvalue weighted by Gasteiger charge is -2.11. The van der Waals surface area contributed by atoms with Crippen LogP contribution in [-0.2, 0) is 0 Å². The lowest BCUT2D eigenvalue weighted by atomic mass is 10.1. The van der Waals surface area contributed by atoms with Crippen LogP contribution in [-0.4, -0.2) is 17.8 Å². The standard InChI is InChI=1S/C11H16FNO2/c1-7(14)6-15-11-4-3-9(8(2)13)5-10(11)12/h3-5,7-8,14H,6,13H2,1-2H3/t7?,8-/m0/s1. The van der Waals surface area contributed by atoms with Crippen molar-refractivity contribution in [1.82, 2.24) is 0 Å². The summed E-state index contributed by atoms with van der Waals surface area (Å²) in [4.78, 5) is 0. The Morgan fingerprint density at radius 3 is 2.60 bits per heavy atom. The Hall–Kier alpha value is -1.13. The normalized spacial score (nSPS) is 14.7. The smallest absolute Gasteiger partial charge is 0.165 e. The van der Waals surface area contributed by atoms with Crippen LogP contribution >= 0.6 is 0 Å². The first-order valence-corrected chi connectivity index (χ1v) is 4.86. The number of aliphatic hydroxyl groups is 1. The third kappa shape index (κ3) is 3.49. The zero-order valence-electron chi connectivity index (χ0n) is 8.90. The predicted octanol–water partition coefficient (Wildman–Crippen LogP) is 1.60. The molecule has 84 valence electrons. The summed E-state index contributed by atoms with van der Waals surface area (Å²) in [6.07, 6.45) is -0.613. The van der Waals surface area contributed by atoms with Crippen molar-refractivity contribution in [2.24, 2.45) is 5.73 Å². The quantitative estimate of drug-likeness (QED) is 0.798. The minimum Gasteiger partial charge on any atom is -0.488 e. The van der Waals surface area contributed by atoms with Gasteiger partial charge in [0.15, 0.2) is 11.6 Å². The second kappa shape index (κ2) is 5.09. The Kier molecular flexibility index (Phi) is 4.05. The Labute approximate surface area is 88.7 Å². The lowest BCUT2D eigenvalue weighted by molar-refractivity contribution is 0.120. The topological polar surface area (TPSA) is 55.5 Å². The van der Waals surface area contributed by atoms with Gasteiger partial charge in [0, 0.05) is 6.04 Å². The van der Waals surface area contributed by atoms with Crippen LogP contribution < -0.4 is 10.5 Å². The molecule has 0 aromatic heterocycles. The average Bonchev–Trinajstić information content (AvgIpc) is 2.15. The number of rotatable bonds is 4. The maximum atomic E-state index is 13.4. The van der Waals surface area contributed by atoms with Gasteiger partial charge in [-0.1, -0.05) is 6.07 Å². The molecule has 0 radical (unpaired) electrons. The SMILES string of the molecule is CC(O)COc1ccc([C@H](C)N)cc1F. The van der Waals surface area contributed by atoms with Crippen molar-refractivity contribution >= 4 is 0 Å². The molecular formula is C11H16FNO2. The molecule has 0 fully saturated rings. The zero-order chi connectivity index (χ0) is 11.4. The van der Waals surface area contributed by atoms with Crippen LogP contribution in [0, 0.1) is 5.82 Å². The summed E-state index contributed by atoms with van der Waals surface area (Å²) in [6.45, 7) is 3.44. The van der Waals surface area contributed by atoms with Gasteiger partial charge in [0.2, 0.25) is 0 Å². The van der Waals surface area contributed by atoms with Crippen molar-refractivity contribution in [1.29, 1.82) is 0 Å². The molecule has 4 heteroatoms. The number of hydrogen-bond donors (Lipinski definition) is 2. The molecule has 0 heterocycles. The van der Waals surface area contributed by atoms with E-state index in [0.717, 1.165) is 5.56 Å². The number of benzene rings is 1. The molecule has 0 aliphatic heterocycles. The van der Waals surface area contributed by atoms with Gasteiger partial charge in [-0.05, 0) is 31.5 Å². The molecular weight excluding hydrogens is 197 g/mol. The molecule has 1 unspecified atom stereocenters. The molecule has 0 aliphatic rings. The van der Waals surface area contributed by atoms with E-state index in [2.05, 4.69) is 0 Å². The van der Waals surface area contributed by atoms with E-state index in [1.165, 1.54) is 12.1 Å². The molecule has 0 spiro atoms. The number of aliphatic hydroxyl groups excluding tert-OH is 1. The van der Waals surface area contributed by atoms with Gasteiger partial charge in [0.25, 0.3) is 0 Å². The zero-order valence-corrected chi connectivity index (χ0v) is 8.90. The monoisotopic (exact) mass is 213 g/mol. The van der Waals surface area contributed by atoms with Crippen molar-refractivity contribution < 1.29 is 14.2 Å². The molecule has 3 nitrogen and oxygen atoms in total. The molecule has 1 aromatic carbocycles. The maximum Gasteiger partial charge on any atom is 0.165 e. The minimum atomic E-state index is -0.613. The molecule has 0 amide bonds. The molecule has 0 aliphatic carbocycles. The van der Waals surface area contributed by atoms with Gasteiger partial charge in [-0.15, -0.1) is 0 Å². The number of hydrogen-bond acceptors (Lipinski definition) is 3. The molecule has 3 N–H and O–H groups in total. The highest BCUT2D eigenvalue weighted by atomic mass is 19.1. The number of ether oxygens (including phenoxy) is 1. The van der Waals surface area contributed by atoms with E-state index in [9.17, 15) is 4.39 Å². The Morgan fingerprint density at radius 1 is 1.47 bits per heavy atom. The predicted molar refractivity (Wildman–Crippen MR) is 56.2 cm³/mol. The van der Waals surface area contributed by atoms with E-state index in [4.69, 9.17) is 15.6 Å². The third-order valence-corrected chi connectivity index (χ3v) is 1.96. The summed E-state index contributed by atoms with van der Waals surface area (Å²) < 4.78 is 18.5. The van der Waals surface area contributed by atoms with E-state index in [-0.39, 0.29) is 18.4 Å². The van der Waals surface area contributed by atoms with Gasteiger partial charge in [-0.25, -0.2) is 4.39 Å². The molecule has 0 saturated carbocycles. The van der Waals surface area contributed by atoms with Gasteiger partial charge in [-0.3, -0.25) is 0 Å². The van der Waals surface area contributed by atoms with Crippen LogP contribution in [0.25, 0.3) is 0 Å². The highest BCUT2D eigenvalue weighted by molar-refractivity contribution is 5.30. The second-order valence-corrected chi connectivity index (χ2v) is 3.64. The van der Waals surface area contributed by atoms with E-state index in [1.807, 2.05) is 0 Å². The van der Waals surface area contributed by atoms with Crippen molar-refractivity contribution in [3.05, 3.63) is 29.6 Å². The van der Waals surface area contributed by atoms with Gasteiger partial charge < -0.3 is 15.6 Å². The summed E-state index contributed by atoms with van der Waals surface area (Å²) >= 11 is 0. The summed E-state index contributed by atoms with van der Waals surface area (Å²) in [7, 11) is 0. The molecule has 1 rings (SSSR count). The first-order chi connectivity index (χ1) is 7.00. The fraction of sp³-hybridized carbons (Fsp3) is 0.455. The fourth-order valence-corrected chi connectivity index (χ4v) is 1.13. The van der Waals surface area contributed by atoms with Gasteiger partial charge in [0.05, 0.1) is 6.10 Å². The van der Waals surface area contributed by atoms with Crippen molar-refractivity contribution in [2.45, 2.75) is 26.0 Å². The highest BCUT2D eigenvalue weighted by Gasteiger charge is 2.07. The Bertz CT molecular complexity index is 326. The highest BCUT2D eigenvalue weighted by Crippen LogP contribution is 2.21. The summed E-state index contributed by atoms with van der Waals surface area (Å²) in [5.41, 5.74) is 6.33. The van der Waals surface area contributed by atoms with Crippen LogP contribution in [0.15, 0.2) is 18.2 Å². The molecule has 15 heavy (non-hydrogen) atoms. The first-order valence-electron chi connectivity index (χ1n) is 4.86. The van der Waals surface area contributed by atoms with Crippen LogP contribution in [0.4, 0.5) is 4.39 Å². The lowest BCUT2D eigenvalue weighted by Crippen LogP contribution is -2.13. The van der Waals surface area contributed by atoms with Crippen molar-refractivity contribution in [3.63, 3.8) is 0 Å². The summed E-state index contributed by atoms with van der Waals surface area (Å²) in [6, 6.07) is 4.38. The number of halogens is 1. The van der Waals surface area contributed by atoms with Crippen LogP contribution in [0.1, 0.15) is 25.5 Å². The van der Waals surface area contributed by atoms with E-state index in [0.29, 0.717) is 0 Å². The van der Waals surface area contributed by atoms with E-state index < -0.39 is 11.9 Å². The second-order valence-electron chi connectivity index (χ2n) is 3.64. The van der Waals surface area contributed by atoms with Crippen LogP contribution in [0.2, 0.25) is 0 Å². The molecule has 1 aromatic rings. The van der Waals surface area contributed by atoms with Gasteiger partial charge >= 0.3 is 0 Å². The molecule has 0 saturated heterocycles. The van der Waals surface area contributed by atoms with E-state index in [1.54, 1.807) is 19.9 Å². The first kappa shape index (κ1) is 11.9. The fourth-order valence-electron chi connectivity index (χ4n) is 1.13. The third-order valence-electron chi connectivity index (χ3n) is 1.96. The average molecular weight is 213 g/mol. The van der Waals surface area contributed by atoms with E-state index >= 15 is 0 Å². The summed E-state index contributed by atoms with van der Waals surface area (Å²) in [5.74, 6) is -0.314. The Morgan fingerprint density at radius 2 is 2.13 bits per heavy atom. The molecule has 0 bridgehead atoms. The Balaban J connectivity index is 2.75. The van der Waals surface area contributed by atoms with Crippen LogP contribution in [0.3, 0.4) is 0 Å². The largest absolute Gasteiger partial charge is 0.488 e. The van der Waals surface area contributed by atoms with Crippen molar-refractivity contribution in [2.75, 3.05) is 6.61 Å². The van der Waals surface area contributed by atoms with Gasteiger partial charge in [-0.2, -0.15) is 0 Å². The molecule has 2 atom stereocenters.